The van der Waals surface area contributed by atoms with Crippen LogP contribution in [0.5, 0.6) is 0 Å². The maximum Gasteiger partial charge on any atom is 0.224 e. The van der Waals surface area contributed by atoms with Crippen LogP contribution in [0.25, 0.3) is 0 Å². The molecule has 102 valence electrons. The monoisotopic (exact) mass is 259 g/mol. The number of nitrogens with one attached hydrogen (secondary N) is 1. The van der Waals surface area contributed by atoms with Crippen molar-refractivity contribution in [2.75, 3.05) is 0 Å². The van der Waals surface area contributed by atoms with E-state index in [9.17, 15) is 9.59 Å². The van der Waals surface area contributed by atoms with Gasteiger partial charge in [0, 0.05) is 12.0 Å². The molecule has 19 heavy (non-hydrogen) atoms. The lowest BCUT2D eigenvalue weighted by Crippen LogP contribution is -2.45. The van der Waals surface area contributed by atoms with E-state index in [0.717, 1.165) is 31.2 Å². The van der Waals surface area contributed by atoms with E-state index in [1.807, 2.05) is 30.3 Å². The number of hydrogen-bond acceptors (Lipinski definition) is 2. The molecule has 0 aromatic heterocycles. The Morgan fingerprint density at radius 2 is 1.84 bits per heavy atom. The third-order valence-electron chi connectivity index (χ3n) is 3.84. The molecule has 0 bridgehead atoms. The Hall–Kier alpha value is -1.64. The molecular weight excluding hydrogens is 238 g/mol. The van der Waals surface area contributed by atoms with Crippen molar-refractivity contribution in [1.29, 1.82) is 0 Å². The highest BCUT2D eigenvalue weighted by atomic mass is 16.2. The van der Waals surface area contributed by atoms with Gasteiger partial charge in [-0.3, -0.25) is 9.59 Å². The number of amides is 1. The normalized spacial score (nSPS) is 22.8. The highest BCUT2D eigenvalue weighted by Gasteiger charge is 2.29. The van der Waals surface area contributed by atoms with Crippen LogP contribution >= 0.6 is 0 Å². The predicted molar refractivity (Wildman–Crippen MR) is 74.7 cm³/mol. The maximum atomic E-state index is 12.0. The SMILES string of the molecule is CC(=O)C1CCCCC1NC(=O)Cc1ccccc1. The van der Waals surface area contributed by atoms with Crippen LogP contribution in [0.1, 0.15) is 38.2 Å². The molecule has 1 aromatic rings. The third-order valence-corrected chi connectivity index (χ3v) is 3.84. The number of hydrogen-bond donors (Lipinski definition) is 1. The van der Waals surface area contributed by atoms with Crippen molar-refractivity contribution in [3.63, 3.8) is 0 Å². The van der Waals surface area contributed by atoms with Gasteiger partial charge in [-0.25, -0.2) is 0 Å². The van der Waals surface area contributed by atoms with Gasteiger partial charge in [0.25, 0.3) is 0 Å². The fourth-order valence-electron chi connectivity index (χ4n) is 2.83. The first kappa shape index (κ1) is 13.8. The lowest BCUT2D eigenvalue weighted by Gasteiger charge is -2.30. The van der Waals surface area contributed by atoms with Crippen molar-refractivity contribution in [1.82, 2.24) is 5.32 Å². The Morgan fingerprint density at radius 3 is 2.53 bits per heavy atom. The summed E-state index contributed by atoms with van der Waals surface area (Å²) in [6, 6.07) is 9.73. The Kier molecular flexibility index (Phi) is 4.72. The zero-order valence-electron chi connectivity index (χ0n) is 11.4. The van der Waals surface area contributed by atoms with E-state index in [-0.39, 0.29) is 23.7 Å². The zero-order valence-corrected chi connectivity index (χ0v) is 11.4. The van der Waals surface area contributed by atoms with E-state index in [1.165, 1.54) is 0 Å². The first-order chi connectivity index (χ1) is 9.16. The molecule has 0 saturated heterocycles. The molecule has 2 unspecified atom stereocenters. The Bertz CT molecular complexity index is 441. The van der Waals surface area contributed by atoms with Crippen molar-refractivity contribution in [3.05, 3.63) is 35.9 Å². The topological polar surface area (TPSA) is 46.2 Å². The highest BCUT2D eigenvalue weighted by Crippen LogP contribution is 2.25. The average molecular weight is 259 g/mol. The van der Waals surface area contributed by atoms with Gasteiger partial charge in [0.05, 0.1) is 6.42 Å². The van der Waals surface area contributed by atoms with E-state index in [4.69, 9.17) is 0 Å². The van der Waals surface area contributed by atoms with Crippen LogP contribution in [0.2, 0.25) is 0 Å². The Balaban J connectivity index is 1.92. The maximum absolute atomic E-state index is 12.0. The molecule has 2 atom stereocenters. The second-order valence-corrected chi connectivity index (χ2v) is 5.34. The molecule has 1 fully saturated rings. The Morgan fingerprint density at radius 1 is 1.16 bits per heavy atom. The fourth-order valence-corrected chi connectivity index (χ4v) is 2.83. The number of carbonyl (C=O) groups is 2. The van der Waals surface area contributed by atoms with Gasteiger partial charge >= 0.3 is 0 Å². The number of benzene rings is 1. The minimum absolute atomic E-state index is 0.00785. The molecule has 0 heterocycles. The molecule has 3 heteroatoms. The van der Waals surface area contributed by atoms with Crippen molar-refractivity contribution >= 4 is 11.7 Å². The van der Waals surface area contributed by atoms with E-state index in [1.54, 1.807) is 6.92 Å². The molecule has 3 nitrogen and oxygen atoms in total. The van der Waals surface area contributed by atoms with Gasteiger partial charge in [-0.15, -0.1) is 0 Å². The van der Waals surface area contributed by atoms with Crippen molar-refractivity contribution in [3.8, 4) is 0 Å². The van der Waals surface area contributed by atoms with Gasteiger partial charge in [-0.05, 0) is 25.3 Å². The summed E-state index contributed by atoms with van der Waals surface area (Å²) in [5.74, 6) is 0.225. The second kappa shape index (κ2) is 6.50. The third kappa shape index (κ3) is 3.91. The van der Waals surface area contributed by atoms with Crippen LogP contribution in [0.15, 0.2) is 30.3 Å². The summed E-state index contributed by atoms with van der Waals surface area (Å²) < 4.78 is 0. The fraction of sp³-hybridized carbons (Fsp3) is 0.500. The summed E-state index contributed by atoms with van der Waals surface area (Å²) in [7, 11) is 0. The van der Waals surface area contributed by atoms with Gasteiger partial charge in [-0.2, -0.15) is 0 Å². The summed E-state index contributed by atoms with van der Waals surface area (Å²) in [6.45, 7) is 1.63. The molecule has 0 aliphatic heterocycles. The molecular formula is C16H21NO2. The van der Waals surface area contributed by atoms with Gasteiger partial charge in [0.15, 0.2) is 0 Å². The van der Waals surface area contributed by atoms with E-state index < -0.39 is 0 Å². The first-order valence-corrected chi connectivity index (χ1v) is 7.00. The quantitative estimate of drug-likeness (QED) is 0.903. The minimum atomic E-state index is 0.00785. The van der Waals surface area contributed by atoms with Gasteiger partial charge in [0.1, 0.15) is 5.78 Å². The second-order valence-electron chi connectivity index (χ2n) is 5.34. The van der Waals surface area contributed by atoms with Crippen LogP contribution in [0.4, 0.5) is 0 Å². The van der Waals surface area contributed by atoms with Crippen LogP contribution in [-0.4, -0.2) is 17.7 Å². The van der Waals surface area contributed by atoms with E-state index >= 15 is 0 Å². The average Bonchev–Trinajstić information content (AvgIpc) is 2.40. The van der Waals surface area contributed by atoms with Gasteiger partial charge in [-0.1, -0.05) is 43.2 Å². The summed E-state index contributed by atoms with van der Waals surface area (Å²) in [4.78, 5) is 23.6. The largest absolute Gasteiger partial charge is 0.352 e. The van der Waals surface area contributed by atoms with Gasteiger partial charge < -0.3 is 5.32 Å². The first-order valence-electron chi connectivity index (χ1n) is 7.00. The lowest BCUT2D eigenvalue weighted by molar-refractivity contribution is -0.125. The predicted octanol–water partition coefficient (Wildman–Crippen LogP) is 2.49. The van der Waals surface area contributed by atoms with Crippen LogP contribution in [-0.2, 0) is 16.0 Å². The van der Waals surface area contributed by atoms with E-state index in [2.05, 4.69) is 5.32 Å². The summed E-state index contributed by atoms with van der Waals surface area (Å²) in [6.07, 6.45) is 4.41. The molecule has 0 radical (unpaired) electrons. The molecule has 1 saturated carbocycles. The standard InChI is InChI=1S/C16H21NO2/c1-12(18)14-9-5-6-10-15(14)17-16(19)11-13-7-3-2-4-8-13/h2-4,7-8,14-15H,5-6,9-11H2,1H3,(H,17,19). The number of Topliss-reactive ketones (excluding diaryl/α,β-unsaturated/α-hetero) is 1. The molecule has 1 aliphatic rings. The summed E-state index contributed by atoms with van der Waals surface area (Å²) in [5.41, 5.74) is 1.01. The Labute approximate surface area is 114 Å². The molecule has 1 amide bonds. The number of carbonyl (C=O) groups excluding carboxylic acids is 2. The van der Waals surface area contributed by atoms with Crippen LogP contribution < -0.4 is 5.32 Å². The number of ketones is 1. The van der Waals surface area contributed by atoms with Crippen LogP contribution in [0, 0.1) is 5.92 Å². The van der Waals surface area contributed by atoms with Crippen molar-refractivity contribution in [2.45, 2.75) is 45.1 Å². The molecule has 2 rings (SSSR count). The smallest absolute Gasteiger partial charge is 0.224 e. The molecule has 1 aliphatic carbocycles. The summed E-state index contributed by atoms with van der Waals surface area (Å²) >= 11 is 0. The number of rotatable bonds is 4. The molecule has 0 spiro atoms. The summed E-state index contributed by atoms with van der Waals surface area (Å²) in [5, 5.41) is 3.04. The highest BCUT2D eigenvalue weighted by molar-refractivity contribution is 5.82. The minimum Gasteiger partial charge on any atom is -0.352 e. The molecule has 1 aromatic carbocycles. The van der Waals surface area contributed by atoms with Crippen molar-refractivity contribution < 1.29 is 9.59 Å². The zero-order chi connectivity index (χ0) is 13.7. The van der Waals surface area contributed by atoms with Crippen molar-refractivity contribution in [2.24, 2.45) is 5.92 Å². The lowest BCUT2D eigenvalue weighted by atomic mass is 9.82. The van der Waals surface area contributed by atoms with Gasteiger partial charge in [0.2, 0.25) is 5.91 Å². The molecule has 1 N–H and O–H groups in total. The van der Waals surface area contributed by atoms with Crippen LogP contribution in [0.3, 0.4) is 0 Å². The van der Waals surface area contributed by atoms with E-state index in [0.29, 0.717) is 6.42 Å².